The normalized spacial score (nSPS) is 14.0. The lowest BCUT2D eigenvalue weighted by molar-refractivity contribution is 0.0966. The van der Waals surface area contributed by atoms with E-state index in [-0.39, 0.29) is 18.2 Å². The Hall–Kier alpha value is -2.20. The number of carbonyl (C=O) groups is 2. The average molecular weight is 299 g/mol. The van der Waals surface area contributed by atoms with Crippen molar-refractivity contribution in [2.45, 2.75) is 26.7 Å². The molecule has 22 heavy (non-hydrogen) atoms. The van der Waals surface area contributed by atoms with Gasteiger partial charge in [0.25, 0.3) is 0 Å². The monoisotopic (exact) mass is 299 g/mol. The number of ketones is 2. The van der Waals surface area contributed by atoms with Gasteiger partial charge in [-0.15, -0.1) is 0 Å². The SMILES string of the molecule is CC(C)=CCC1=C(NCCCO)C(=O)c2ccccc2C1=O. The standard InChI is InChI=1S/C18H21NO3/c1-12(2)8-9-15-16(19-10-5-11-20)18(22)14-7-4-3-6-13(14)17(15)21/h3-4,6-8,19-20H,5,9-11H2,1-2H3. The highest BCUT2D eigenvalue weighted by atomic mass is 16.3. The quantitative estimate of drug-likeness (QED) is 0.626. The van der Waals surface area contributed by atoms with Crippen molar-refractivity contribution in [1.29, 1.82) is 0 Å². The molecule has 2 N–H and O–H groups in total. The second-order valence-electron chi connectivity index (χ2n) is 5.55. The van der Waals surface area contributed by atoms with E-state index in [1.165, 1.54) is 0 Å². The molecule has 0 saturated heterocycles. The van der Waals surface area contributed by atoms with E-state index < -0.39 is 0 Å². The van der Waals surface area contributed by atoms with Crippen molar-refractivity contribution in [3.05, 3.63) is 58.3 Å². The van der Waals surface area contributed by atoms with Crippen LogP contribution in [0.15, 0.2) is 47.2 Å². The molecule has 0 atom stereocenters. The molecule has 0 aliphatic heterocycles. The second-order valence-corrected chi connectivity index (χ2v) is 5.55. The van der Waals surface area contributed by atoms with Crippen LogP contribution < -0.4 is 5.32 Å². The molecule has 1 aromatic carbocycles. The Kier molecular flexibility index (Phi) is 5.28. The number of benzene rings is 1. The van der Waals surface area contributed by atoms with Crippen LogP contribution in [0.25, 0.3) is 0 Å². The zero-order valence-electron chi connectivity index (χ0n) is 13.0. The molecule has 0 heterocycles. The number of hydrogen-bond acceptors (Lipinski definition) is 4. The van der Waals surface area contributed by atoms with E-state index in [1.807, 2.05) is 19.9 Å². The third-order valence-corrected chi connectivity index (χ3v) is 3.57. The number of carbonyl (C=O) groups excluding carboxylic acids is 2. The van der Waals surface area contributed by atoms with Crippen molar-refractivity contribution < 1.29 is 14.7 Å². The summed E-state index contributed by atoms with van der Waals surface area (Å²) in [5, 5.41) is 11.9. The maximum Gasteiger partial charge on any atom is 0.210 e. The van der Waals surface area contributed by atoms with Crippen molar-refractivity contribution in [3.63, 3.8) is 0 Å². The molecule has 0 bridgehead atoms. The molecule has 0 radical (unpaired) electrons. The van der Waals surface area contributed by atoms with E-state index in [1.54, 1.807) is 24.3 Å². The maximum absolute atomic E-state index is 12.7. The molecule has 0 saturated carbocycles. The average Bonchev–Trinajstić information content (AvgIpc) is 2.51. The van der Waals surface area contributed by atoms with Crippen LogP contribution in [-0.4, -0.2) is 29.8 Å². The summed E-state index contributed by atoms with van der Waals surface area (Å²) >= 11 is 0. The minimum atomic E-state index is -0.148. The Morgan fingerprint density at radius 3 is 2.36 bits per heavy atom. The number of rotatable bonds is 6. The molecule has 1 aliphatic carbocycles. The summed E-state index contributed by atoms with van der Waals surface area (Å²) in [5.41, 5.74) is 2.89. The van der Waals surface area contributed by atoms with Crippen LogP contribution in [0.4, 0.5) is 0 Å². The van der Waals surface area contributed by atoms with Gasteiger partial charge >= 0.3 is 0 Å². The molecular weight excluding hydrogens is 278 g/mol. The Morgan fingerprint density at radius 2 is 1.77 bits per heavy atom. The van der Waals surface area contributed by atoms with Gasteiger partial charge in [0.1, 0.15) is 0 Å². The predicted octanol–water partition coefficient (Wildman–Crippen LogP) is 2.65. The van der Waals surface area contributed by atoms with Crippen LogP contribution in [0, 0.1) is 0 Å². The van der Waals surface area contributed by atoms with Crippen LogP contribution in [0.1, 0.15) is 47.4 Å². The third kappa shape index (κ3) is 3.34. The van der Waals surface area contributed by atoms with Crippen LogP contribution in [0.2, 0.25) is 0 Å². The van der Waals surface area contributed by atoms with Crippen LogP contribution >= 0.6 is 0 Å². The summed E-state index contributed by atoms with van der Waals surface area (Å²) in [4.78, 5) is 25.3. The molecule has 4 nitrogen and oxygen atoms in total. The van der Waals surface area contributed by atoms with Crippen molar-refractivity contribution in [3.8, 4) is 0 Å². The van der Waals surface area contributed by atoms with Crippen LogP contribution in [0.3, 0.4) is 0 Å². The first-order valence-corrected chi connectivity index (χ1v) is 7.46. The van der Waals surface area contributed by atoms with Gasteiger partial charge in [0.15, 0.2) is 5.78 Å². The fourth-order valence-corrected chi connectivity index (χ4v) is 2.41. The van der Waals surface area contributed by atoms with E-state index in [2.05, 4.69) is 5.32 Å². The zero-order valence-corrected chi connectivity index (χ0v) is 13.0. The first-order valence-electron chi connectivity index (χ1n) is 7.46. The van der Waals surface area contributed by atoms with Gasteiger partial charge in [-0.3, -0.25) is 9.59 Å². The molecule has 1 aliphatic rings. The third-order valence-electron chi connectivity index (χ3n) is 3.57. The summed E-state index contributed by atoms with van der Waals surface area (Å²) in [6.45, 7) is 4.43. The van der Waals surface area contributed by atoms with Gasteiger partial charge in [0.2, 0.25) is 5.78 Å². The number of aliphatic hydroxyl groups excluding tert-OH is 1. The molecule has 0 fully saturated rings. The Labute approximate surface area is 130 Å². The van der Waals surface area contributed by atoms with Gasteiger partial charge in [0.05, 0.1) is 5.70 Å². The molecule has 0 aromatic heterocycles. The number of allylic oxidation sites excluding steroid dienone is 4. The summed E-state index contributed by atoms with van der Waals surface area (Å²) in [6, 6.07) is 6.91. The molecule has 0 unspecified atom stereocenters. The van der Waals surface area contributed by atoms with Gasteiger partial charge < -0.3 is 10.4 Å². The predicted molar refractivity (Wildman–Crippen MR) is 85.9 cm³/mol. The summed E-state index contributed by atoms with van der Waals surface area (Å²) < 4.78 is 0. The van der Waals surface area contributed by atoms with Crippen LogP contribution in [-0.2, 0) is 0 Å². The van der Waals surface area contributed by atoms with E-state index in [0.29, 0.717) is 41.8 Å². The number of Topliss-reactive ketones (excluding diaryl/α,β-unsaturated/α-hetero) is 2. The Bertz CT molecular complexity index is 652. The maximum atomic E-state index is 12.7. The molecular formula is C18H21NO3. The van der Waals surface area contributed by atoms with Gasteiger partial charge in [0, 0.05) is 29.9 Å². The second kappa shape index (κ2) is 7.18. The minimum Gasteiger partial charge on any atom is -0.396 e. The lowest BCUT2D eigenvalue weighted by Gasteiger charge is -2.21. The highest BCUT2D eigenvalue weighted by molar-refractivity contribution is 6.26. The van der Waals surface area contributed by atoms with Crippen molar-refractivity contribution in [2.75, 3.05) is 13.2 Å². The summed E-state index contributed by atoms with van der Waals surface area (Å²) in [5.74, 6) is -0.246. The van der Waals surface area contributed by atoms with E-state index in [0.717, 1.165) is 5.57 Å². The number of nitrogens with one attached hydrogen (secondary N) is 1. The van der Waals surface area contributed by atoms with Gasteiger partial charge in [-0.25, -0.2) is 0 Å². The number of hydrogen-bond donors (Lipinski definition) is 2. The van der Waals surface area contributed by atoms with Crippen molar-refractivity contribution in [2.24, 2.45) is 0 Å². The largest absolute Gasteiger partial charge is 0.396 e. The minimum absolute atomic E-state index is 0.0440. The first-order chi connectivity index (χ1) is 10.6. The molecule has 1 aromatic rings. The smallest absolute Gasteiger partial charge is 0.210 e. The summed E-state index contributed by atoms with van der Waals surface area (Å²) in [6.07, 6.45) is 2.91. The zero-order chi connectivity index (χ0) is 16.1. The topological polar surface area (TPSA) is 66.4 Å². The highest BCUT2D eigenvalue weighted by Crippen LogP contribution is 2.27. The number of fused-ring (bicyclic) bond motifs is 1. The molecule has 116 valence electrons. The highest BCUT2D eigenvalue weighted by Gasteiger charge is 2.31. The Balaban J connectivity index is 2.43. The van der Waals surface area contributed by atoms with E-state index in [4.69, 9.17) is 5.11 Å². The molecule has 0 amide bonds. The summed E-state index contributed by atoms with van der Waals surface area (Å²) in [7, 11) is 0. The van der Waals surface area contributed by atoms with Gasteiger partial charge in [-0.2, -0.15) is 0 Å². The first kappa shape index (κ1) is 16.2. The van der Waals surface area contributed by atoms with Crippen LogP contribution in [0.5, 0.6) is 0 Å². The lowest BCUT2D eigenvalue weighted by atomic mass is 9.85. The van der Waals surface area contributed by atoms with E-state index in [9.17, 15) is 9.59 Å². The molecule has 0 spiro atoms. The molecule has 4 heteroatoms. The Morgan fingerprint density at radius 1 is 1.14 bits per heavy atom. The molecule has 2 rings (SSSR count). The van der Waals surface area contributed by atoms with Gasteiger partial charge in [-0.05, 0) is 26.7 Å². The van der Waals surface area contributed by atoms with Gasteiger partial charge in [-0.1, -0.05) is 35.9 Å². The fourth-order valence-electron chi connectivity index (χ4n) is 2.41. The lowest BCUT2D eigenvalue weighted by Crippen LogP contribution is -2.31. The van der Waals surface area contributed by atoms with Crippen molar-refractivity contribution >= 4 is 11.6 Å². The number of aliphatic hydroxyl groups is 1. The van der Waals surface area contributed by atoms with E-state index >= 15 is 0 Å². The van der Waals surface area contributed by atoms with Crippen molar-refractivity contribution in [1.82, 2.24) is 5.32 Å². The fraction of sp³-hybridized carbons (Fsp3) is 0.333.